The molecule has 1 fully saturated rings. The highest BCUT2D eigenvalue weighted by molar-refractivity contribution is 9.10. The van der Waals surface area contributed by atoms with Gasteiger partial charge in [0.05, 0.1) is 30.2 Å². The molecule has 32 heavy (non-hydrogen) atoms. The molecule has 1 unspecified atom stereocenters. The summed E-state index contributed by atoms with van der Waals surface area (Å²) in [5.41, 5.74) is 1.41. The summed E-state index contributed by atoms with van der Waals surface area (Å²) in [6.45, 7) is 4.66. The number of halogens is 2. The second-order valence-corrected chi connectivity index (χ2v) is 9.43. The molecule has 1 atom stereocenters. The maximum absolute atomic E-state index is 13.5. The lowest BCUT2D eigenvalue weighted by Gasteiger charge is -2.29. The van der Waals surface area contributed by atoms with E-state index in [0.29, 0.717) is 28.1 Å². The SMILES string of the molecule is O=C1c2oc3ccc(Cl)cc3c(=O)c2C(c2cccc(Br)c2)N1CCCN1CCOCC1. The first-order valence-electron chi connectivity index (χ1n) is 10.7. The minimum atomic E-state index is -0.501. The number of carbonyl (C=O) groups excluding carboxylic acids is 1. The molecule has 0 N–H and O–H groups in total. The summed E-state index contributed by atoms with van der Waals surface area (Å²) in [6, 6.07) is 12.1. The van der Waals surface area contributed by atoms with Crippen molar-refractivity contribution in [2.24, 2.45) is 0 Å². The first-order valence-corrected chi connectivity index (χ1v) is 11.8. The molecule has 1 saturated heterocycles. The largest absolute Gasteiger partial charge is 0.450 e. The van der Waals surface area contributed by atoms with Crippen LogP contribution < -0.4 is 5.43 Å². The lowest BCUT2D eigenvalue weighted by Crippen LogP contribution is -2.38. The maximum atomic E-state index is 13.5. The van der Waals surface area contributed by atoms with Gasteiger partial charge in [0.15, 0.2) is 5.43 Å². The molecule has 1 aromatic heterocycles. The predicted molar refractivity (Wildman–Crippen MR) is 126 cm³/mol. The number of hydrogen-bond donors (Lipinski definition) is 0. The van der Waals surface area contributed by atoms with Gasteiger partial charge in [-0.2, -0.15) is 0 Å². The fourth-order valence-electron chi connectivity index (χ4n) is 4.54. The summed E-state index contributed by atoms with van der Waals surface area (Å²) >= 11 is 9.65. The van der Waals surface area contributed by atoms with Crippen LogP contribution in [0.1, 0.15) is 34.1 Å². The summed E-state index contributed by atoms with van der Waals surface area (Å²) in [4.78, 5) is 31.1. The van der Waals surface area contributed by atoms with Crippen molar-refractivity contribution in [1.82, 2.24) is 9.80 Å². The highest BCUT2D eigenvalue weighted by Crippen LogP contribution is 2.39. The van der Waals surface area contributed by atoms with Crippen LogP contribution in [0.4, 0.5) is 0 Å². The second-order valence-electron chi connectivity index (χ2n) is 8.08. The summed E-state index contributed by atoms with van der Waals surface area (Å²) in [6.07, 6.45) is 0.795. The molecule has 2 aliphatic heterocycles. The zero-order valence-corrected chi connectivity index (χ0v) is 19.7. The lowest BCUT2D eigenvalue weighted by molar-refractivity contribution is 0.0353. The van der Waals surface area contributed by atoms with Gasteiger partial charge >= 0.3 is 0 Å². The van der Waals surface area contributed by atoms with E-state index in [0.717, 1.165) is 49.3 Å². The fraction of sp³-hybridized carbons (Fsp3) is 0.333. The summed E-state index contributed by atoms with van der Waals surface area (Å²) in [7, 11) is 0. The van der Waals surface area contributed by atoms with Gasteiger partial charge in [-0.05, 0) is 42.3 Å². The van der Waals surface area contributed by atoms with Gasteiger partial charge in [0.1, 0.15) is 5.58 Å². The molecule has 0 bridgehead atoms. The highest BCUT2D eigenvalue weighted by Gasteiger charge is 2.42. The predicted octanol–water partition coefficient (Wildman–Crippen LogP) is 4.48. The Morgan fingerprint density at radius 1 is 1.06 bits per heavy atom. The van der Waals surface area contributed by atoms with Crippen molar-refractivity contribution < 1.29 is 13.9 Å². The monoisotopic (exact) mass is 516 g/mol. The van der Waals surface area contributed by atoms with E-state index < -0.39 is 6.04 Å². The van der Waals surface area contributed by atoms with Crippen LogP contribution in [0, 0.1) is 0 Å². The van der Waals surface area contributed by atoms with E-state index >= 15 is 0 Å². The van der Waals surface area contributed by atoms with Crippen molar-refractivity contribution in [3.05, 3.63) is 79.1 Å². The quantitative estimate of drug-likeness (QED) is 0.499. The summed E-state index contributed by atoms with van der Waals surface area (Å²) < 4.78 is 12.3. The van der Waals surface area contributed by atoms with Gasteiger partial charge in [-0.1, -0.05) is 39.7 Å². The minimum Gasteiger partial charge on any atom is -0.450 e. The van der Waals surface area contributed by atoms with Crippen molar-refractivity contribution in [1.29, 1.82) is 0 Å². The van der Waals surface area contributed by atoms with Gasteiger partial charge in [0.25, 0.3) is 5.91 Å². The Bertz CT molecular complexity index is 1240. The number of ether oxygens (including phenoxy) is 1. The van der Waals surface area contributed by atoms with Crippen LogP contribution >= 0.6 is 27.5 Å². The highest BCUT2D eigenvalue weighted by atomic mass is 79.9. The van der Waals surface area contributed by atoms with Crippen molar-refractivity contribution in [3.8, 4) is 0 Å². The third kappa shape index (κ3) is 3.99. The van der Waals surface area contributed by atoms with Gasteiger partial charge in [0, 0.05) is 35.7 Å². The van der Waals surface area contributed by atoms with E-state index in [2.05, 4.69) is 20.8 Å². The molecule has 8 heteroatoms. The molecule has 0 saturated carbocycles. The van der Waals surface area contributed by atoms with Gasteiger partial charge < -0.3 is 14.1 Å². The zero-order valence-electron chi connectivity index (χ0n) is 17.4. The van der Waals surface area contributed by atoms with Crippen LogP contribution in [0.25, 0.3) is 11.0 Å². The van der Waals surface area contributed by atoms with Crippen LogP contribution in [-0.4, -0.2) is 55.1 Å². The van der Waals surface area contributed by atoms with Crippen LogP contribution in [0.5, 0.6) is 0 Å². The number of hydrogen-bond acceptors (Lipinski definition) is 5. The molecule has 0 radical (unpaired) electrons. The smallest absolute Gasteiger partial charge is 0.290 e. The molecule has 0 aliphatic carbocycles. The number of amides is 1. The van der Waals surface area contributed by atoms with Crippen LogP contribution in [0.3, 0.4) is 0 Å². The van der Waals surface area contributed by atoms with E-state index in [1.165, 1.54) is 0 Å². The molecule has 3 aromatic rings. The number of morpholine rings is 1. The van der Waals surface area contributed by atoms with Gasteiger partial charge in [-0.3, -0.25) is 14.5 Å². The first-order chi connectivity index (χ1) is 15.5. The third-order valence-electron chi connectivity index (χ3n) is 6.07. The normalized spacial score (nSPS) is 19.0. The average Bonchev–Trinajstić information content (AvgIpc) is 3.07. The number of rotatable bonds is 5. The minimum absolute atomic E-state index is 0.126. The molecule has 3 heterocycles. The Balaban J connectivity index is 1.54. The molecular weight excluding hydrogens is 496 g/mol. The molecule has 5 rings (SSSR count). The van der Waals surface area contributed by atoms with Crippen molar-refractivity contribution in [2.75, 3.05) is 39.4 Å². The fourth-order valence-corrected chi connectivity index (χ4v) is 5.12. The Morgan fingerprint density at radius 2 is 1.88 bits per heavy atom. The maximum Gasteiger partial charge on any atom is 0.290 e. The summed E-state index contributed by atoms with van der Waals surface area (Å²) in [5, 5.41) is 0.842. The van der Waals surface area contributed by atoms with Crippen LogP contribution in [0.15, 0.2) is 56.1 Å². The van der Waals surface area contributed by atoms with Gasteiger partial charge in [-0.15, -0.1) is 0 Å². The van der Waals surface area contributed by atoms with E-state index in [1.54, 1.807) is 23.1 Å². The first kappa shape index (κ1) is 21.6. The van der Waals surface area contributed by atoms with E-state index in [4.69, 9.17) is 20.8 Å². The Labute approximate surface area is 198 Å². The standard InChI is InChI=1S/C24H22BrClN2O4/c25-16-4-1-3-15(13-16)21-20-22(29)18-14-17(26)5-6-19(18)32-23(20)24(30)28(21)8-2-7-27-9-11-31-12-10-27/h1,3-6,13-14,21H,2,7-12H2. The Hall–Kier alpha value is -2.19. The van der Waals surface area contributed by atoms with E-state index in [1.807, 2.05) is 24.3 Å². The van der Waals surface area contributed by atoms with E-state index in [-0.39, 0.29) is 17.1 Å². The molecule has 1 amide bonds. The van der Waals surface area contributed by atoms with Crippen molar-refractivity contribution >= 4 is 44.4 Å². The van der Waals surface area contributed by atoms with Crippen molar-refractivity contribution in [3.63, 3.8) is 0 Å². The number of nitrogens with zero attached hydrogens (tertiary/aromatic N) is 2. The molecular formula is C24H22BrClN2O4. The second kappa shape index (κ2) is 8.98. The third-order valence-corrected chi connectivity index (χ3v) is 6.80. The summed E-state index contributed by atoms with van der Waals surface area (Å²) in [5.74, 6) is -0.123. The Kier molecular flexibility index (Phi) is 6.07. The lowest BCUT2D eigenvalue weighted by atomic mass is 9.98. The molecule has 2 aromatic carbocycles. The molecule has 0 spiro atoms. The van der Waals surface area contributed by atoms with Crippen LogP contribution in [0.2, 0.25) is 5.02 Å². The number of carbonyl (C=O) groups is 1. The topological polar surface area (TPSA) is 63.0 Å². The van der Waals surface area contributed by atoms with Crippen LogP contribution in [-0.2, 0) is 4.74 Å². The molecule has 2 aliphatic rings. The van der Waals surface area contributed by atoms with Gasteiger partial charge in [0.2, 0.25) is 5.76 Å². The van der Waals surface area contributed by atoms with E-state index in [9.17, 15) is 9.59 Å². The molecule has 166 valence electrons. The number of benzene rings is 2. The molecule has 6 nitrogen and oxygen atoms in total. The van der Waals surface area contributed by atoms with Crippen molar-refractivity contribution in [2.45, 2.75) is 12.5 Å². The average molecular weight is 518 g/mol. The number of fused-ring (bicyclic) bond motifs is 2. The zero-order chi connectivity index (χ0) is 22.2. The van der Waals surface area contributed by atoms with Gasteiger partial charge in [-0.25, -0.2) is 0 Å². The Morgan fingerprint density at radius 3 is 2.66 bits per heavy atom.